The Morgan fingerprint density at radius 2 is 2.14 bits per heavy atom. The van der Waals surface area contributed by atoms with Crippen LogP contribution in [0.2, 0.25) is 0 Å². The summed E-state index contributed by atoms with van der Waals surface area (Å²) in [6.45, 7) is 3.08. The fourth-order valence-corrected chi connectivity index (χ4v) is 1.73. The molecule has 0 saturated carbocycles. The molecular weight excluding hydrogens is 277 g/mol. The molecule has 1 aromatic rings. The quantitative estimate of drug-likeness (QED) is 0.198. The molecule has 0 aliphatic carbocycles. The minimum atomic E-state index is -0.418. The van der Waals surface area contributed by atoms with E-state index in [1.807, 2.05) is 0 Å². The normalized spacial score (nSPS) is 11.8. The van der Waals surface area contributed by atoms with Gasteiger partial charge in [0.15, 0.2) is 5.84 Å². The Morgan fingerprint density at radius 3 is 2.86 bits per heavy atom. The highest BCUT2D eigenvalue weighted by molar-refractivity contribution is 5.97. The summed E-state index contributed by atoms with van der Waals surface area (Å²) in [6.07, 6.45) is 0.853. The van der Waals surface area contributed by atoms with Gasteiger partial charge in [0.05, 0.1) is 13.2 Å². The van der Waals surface area contributed by atoms with E-state index in [1.165, 1.54) is 12.1 Å². The molecule has 118 valence electrons. The van der Waals surface area contributed by atoms with Gasteiger partial charge in [-0.15, -0.1) is 0 Å². The molecule has 0 amide bonds. The zero-order chi connectivity index (χ0) is 15.5. The monoisotopic (exact) mass is 299 g/mol. The van der Waals surface area contributed by atoms with E-state index in [4.69, 9.17) is 20.4 Å². The molecule has 0 radical (unpaired) electrons. The lowest BCUT2D eigenvalue weighted by Gasteiger charge is -2.08. The molecule has 0 unspecified atom stereocenters. The molecule has 1 aromatic carbocycles. The molecule has 0 bridgehead atoms. The first-order chi connectivity index (χ1) is 10.2. The summed E-state index contributed by atoms with van der Waals surface area (Å²) in [5.74, 6) is -0.527. The maximum absolute atomic E-state index is 13.4. The van der Waals surface area contributed by atoms with E-state index in [1.54, 1.807) is 13.2 Å². The molecule has 0 atom stereocenters. The molecule has 7 heteroatoms. The zero-order valence-electron chi connectivity index (χ0n) is 12.1. The summed E-state index contributed by atoms with van der Waals surface area (Å²) in [6, 6.07) is 4.32. The van der Waals surface area contributed by atoms with E-state index in [9.17, 15) is 4.39 Å². The van der Waals surface area contributed by atoms with Crippen molar-refractivity contribution in [3.05, 3.63) is 35.1 Å². The molecule has 0 heterocycles. The Balaban J connectivity index is 2.30. The van der Waals surface area contributed by atoms with E-state index in [0.29, 0.717) is 31.9 Å². The van der Waals surface area contributed by atoms with E-state index in [2.05, 4.69) is 10.5 Å². The van der Waals surface area contributed by atoms with Crippen LogP contribution < -0.4 is 11.1 Å². The van der Waals surface area contributed by atoms with E-state index in [0.717, 1.165) is 18.5 Å². The summed E-state index contributed by atoms with van der Waals surface area (Å²) in [4.78, 5) is 0. The Bertz CT molecular complexity index is 455. The molecular formula is C14H22FN3O3. The van der Waals surface area contributed by atoms with Crippen molar-refractivity contribution < 1.29 is 19.1 Å². The highest BCUT2D eigenvalue weighted by Gasteiger charge is 2.04. The third-order valence-corrected chi connectivity index (χ3v) is 2.76. The smallest absolute Gasteiger partial charge is 0.170 e. The lowest BCUT2D eigenvalue weighted by Crippen LogP contribution is -2.18. The van der Waals surface area contributed by atoms with Crippen molar-refractivity contribution in [2.45, 2.75) is 13.0 Å². The molecule has 0 aliphatic heterocycles. The summed E-state index contributed by atoms with van der Waals surface area (Å²) in [5.41, 5.74) is 6.54. The second kappa shape index (κ2) is 10.1. The second-order valence-electron chi connectivity index (χ2n) is 4.47. The Labute approximate surface area is 123 Å². The molecule has 0 saturated heterocycles. The van der Waals surface area contributed by atoms with Crippen LogP contribution in [-0.2, 0) is 16.0 Å². The molecule has 0 fully saturated rings. The van der Waals surface area contributed by atoms with Crippen molar-refractivity contribution in [3.8, 4) is 0 Å². The maximum Gasteiger partial charge on any atom is 0.170 e. The van der Waals surface area contributed by atoms with E-state index >= 15 is 0 Å². The highest BCUT2D eigenvalue weighted by Crippen LogP contribution is 2.09. The molecule has 0 aliphatic rings. The van der Waals surface area contributed by atoms with Crippen molar-refractivity contribution in [2.75, 3.05) is 33.5 Å². The van der Waals surface area contributed by atoms with Crippen LogP contribution in [0.3, 0.4) is 0 Å². The fraction of sp³-hybridized carbons (Fsp3) is 0.500. The van der Waals surface area contributed by atoms with Crippen molar-refractivity contribution in [3.63, 3.8) is 0 Å². The van der Waals surface area contributed by atoms with Crippen LogP contribution in [0.5, 0.6) is 0 Å². The molecule has 21 heavy (non-hydrogen) atoms. The first-order valence-corrected chi connectivity index (χ1v) is 6.72. The number of nitrogens with zero attached hydrogens (tertiary/aromatic N) is 1. The summed E-state index contributed by atoms with van der Waals surface area (Å²) >= 11 is 0. The Hall–Kier alpha value is -1.70. The fourth-order valence-electron chi connectivity index (χ4n) is 1.73. The first-order valence-electron chi connectivity index (χ1n) is 6.72. The Kier molecular flexibility index (Phi) is 8.34. The molecule has 0 aromatic heterocycles. The second-order valence-corrected chi connectivity index (χ2v) is 4.47. The van der Waals surface area contributed by atoms with Gasteiger partial charge in [0.2, 0.25) is 0 Å². The van der Waals surface area contributed by atoms with Gasteiger partial charge in [-0.3, -0.25) is 0 Å². The van der Waals surface area contributed by atoms with Gasteiger partial charge in [0, 0.05) is 25.8 Å². The van der Waals surface area contributed by atoms with Gasteiger partial charge < -0.3 is 25.7 Å². The van der Waals surface area contributed by atoms with Crippen LogP contribution in [-0.4, -0.2) is 44.5 Å². The van der Waals surface area contributed by atoms with Crippen molar-refractivity contribution in [1.29, 1.82) is 0 Å². The predicted octanol–water partition coefficient (Wildman–Crippen LogP) is 1.06. The highest BCUT2D eigenvalue weighted by atomic mass is 19.1. The lowest BCUT2D eigenvalue weighted by molar-refractivity contribution is 0.0695. The zero-order valence-corrected chi connectivity index (χ0v) is 12.1. The van der Waals surface area contributed by atoms with E-state index in [-0.39, 0.29) is 5.84 Å². The third kappa shape index (κ3) is 7.03. The van der Waals surface area contributed by atoms with Gasteiger partial charge in [-0.05, 0) is 36.7 Å². The molecule has 6 nitrogen and oxygen atoms in total. The predicted molar refractivity (Wildman–Crippen MR) is 77.9 cm³/mol. The average Bonchev–Trinajstić information content (AvgIpc) is 2.48. The SMILES string of the molecule is COCCOCCCNCc1cc(F)cc(/C(N)=N/O)c1. The number of amidine groups is 1. The van der Waals surface area contributed by atoms with Gasteiger partial charge >= 0.3 is 0 Å². The van der Waals surface area contributed by atoms with Crippen LogP contribution >= 0.6 is 0 Å². The molecule has 4 N–H and O–H groups in total. The number of rotatable bonds is 10. The summed E-state index contributed by atoms with van der Waals surface area (Å²) in [7, 11) is 1.63. The van der Waals surface area contributed by atoms with E-state index < -0.39 is 5.82 Å². The first kappa shape index (κ1) is 17.4. The number of nitrogens with one attached hydrogen (secondary N) is 1. The van der Waals surface area contributed by atoms with Crippen molar-refractivity contribution in [1.82, 2.24) is 5.32 Å². The van der Waals surface area contributed by atoms with Gasteiger partial charge in [0.1, 0.15) is 5.82 Å². The molecule has 0 spiro atoms. The number of nitrogens with two attached hydrogens (primary N) is 1. The summed E-state index contributed by atoms with van der Waals surface area (Å²) < 4.78 is 23.6. The van der Waals surface area contributed by atoms with Gasteiger partial charge in [-0.2, -0.15) is 0 Å². The number of halogens is 1. The van der Waals surface area contributed by atoms with Crippen molar-refractivity contribution >= 4 is 5.84 Å². The maximum atomic E-state index is 13.4. The number of ether oxygens (including phenoxy) is 2. The van der Waals surface area contributed by atoms with Crippen LogP contribution in [0.4, 0.5) is 4.39 Å². The number of oxime groups is 1. The minimum absolute atomic E-state index is 0.109. The minimum Gasteiger partial charge on any atom is -0.409 e. The van der Waals surface area contributed by atoms with Gasteiger partial charge in [0.25, 0.3) is 0 Å². The van der Waals surface area contributed by atoms with Gasteiger partial charge in [-0.25, -0.2) is 4.39 Å². The third-order valence-electron chi connectivity index (χ3n) is 2.76. The summed E-state index contributed by atoms with van der Waals surface area (Å²) in [5, 5.41) is 14.7. The molecule has 1 rings (SSSR count). The topological polar surface area (TPSA) is 89.1 Å². The number of hydrogen-bond acceptors (Lipinski definition) is 5. The van der Waals surface area contributed by atoms with Crippen LogP contribution in [0, 0.1) is 5.82 Å². The average molecular weight is 299 g/mol. The van der Waals surface area contributed by atoms with Gasteiger partial charge in [-0.1, -0.05) is 5.16 Å². The number of benzene rings is 1. The van der Waals surface area contributed by atoms with Crippen LogP contribution in [0.25, 0.3) is 0 Å². The van der Waals surface area contributed by atoms with Crippen LogP contribution in [0.1, 0.15) is 17.5 Å². The largest absolute Gasteiger partial charge is 0.409 e. The number of methoxy groups -OCH3 is 1. The number of hydrogen-bond donors (Lipinski definition) is 3. The van der Waals surface area contributed by atoms with Crippen LogP contribution in [0.15, 0.2) is 23.4 Å². The Morgan fingerprint density at radius 1 is 1.33 bits per heavy atom. The van der Waals surface area contributed by atoms with Crippen molar-refractivity contribution in [2.24, 2.45) is 10.9 Å². The lowest BCUT2D eigenvalue weighted by atomic mass is 10.1. The standard InChI is InChI=1S/C14H22FN3O3/c1-20-5-6-21-4-2-3-17-10-11-7-12(14(16)18-19)9-13(15)8-11/h7-9,17,19H,2-6,10H2,1H3,(H2,16,18).